The number of nitrogen functional groups attached to an aromatic ring is 1. The highest BCUT2D eigenvalue weighted by atomic mass is 16.5. The van der Waals surface area contributed by atoms with Crippen molar-refractivity contribution in [2.24, 2.45) is 0 Å². The van der Waals surface area contributed by atoms with Gasteiger partial charge in [0, 0.05) is 6.20 Å². The number of rotatable bonds is 3. The van der Waals surface area contributed by atoms with Gasteiger partial charge in [0.05, 0.1) is 12.2 Å². The summed E-state index contributed by atoms with van der Waals surface area (Å²) in [5.74, 6) is -1.64. The van der Waals surface area contributed by atoms with Crippen LogP contribution in [0.3, 0.4) is 0 Å². The van der Waals surface area contributed by atoms with Crippen LogP contribution in [-0.2, 0) is 9.53 Å². The van der Waals surface area contributed by atoms with Gasteiger partial charge in [0.2, 0.25) is 0 Å². The number of hydrogen-bond donors (Lipinski definition) is 1. The van der Waals surface area contributed by atoms with Crippen molar-refractivity contribution in [1.29, 1.82) is 0 Å². The van der Waals surface area contributed by atoms with Crippen LogP contribution in [0.25, 0.3) is 0 Å². The van der Waals surface area contributed by atoms with Crippen molar-refractivity contribution in [3.8, 4) is 0 Å². The topological polar surface area (TPSA) is 82.3 Å². The SMILES string of the molecule is CCOC(=O)C(=O)c1cccnc1N. The van der Waals surface area contributed by atoms with Crippen LogP contribution in [0.15, 0.2) is 18.3 Å². The molecule has 0 saturated carbocycles. The maximum absolute atomic E-state index is 11.4. The highest BCUT2D eigenvalue weighted by molar-refractivity contribution is 6.41. The van der Waals surface area contributed by atoms with E-state index in [1.54, 1.807) is 6.92 Å². The average Bonchev–Trinajstić information content (AvgIpc) is 2.18. The molecular formula is C9H10N2O3. The fourth-order valence-corrected chi connectivity index (χ4v) is 0.916. The molecule has 5 nitrogen and oxygen atoms in total. The summed E-state index contributed by atoms with van der Waals surface area (Å²) in [5, 5.41) is 0. The lowest BCUT2D eigenvalue weighted by molar-refractivity contribution is -0.137. The second-order valence-electron chi connectivity index (χ2n) is 2.49. The van der Waals surface area contributed by atoms with Crippen molar-refractivity contribution in [3.63, 3.8) is 0 Å². The van der Waals surface area contributed by atoms with E-state index in [1.807, 2.05) is 0 Å². The second kappa shape index (κ2) is 4.36. The molecule has 1 rings (SSSR count). The first-order valence-corrected chi connectivity index (χ1v) is 4.08. The van der Waals surface area contributed by atoms with Gasteiger partial charge in [-0.1, -0.05) is 0 Å². The molecule has 1 aromatic rings. The van der Waals surface area contributed by atoms with Crippen LogP contribution < -0.4 is 5.73 Å². The monoisotopic (exact) mass is 194 g/mol. The molecule has 0 amide bonds. The van der Waals surface area contributed by atoms with Crippen molar-refractivity contribution in [1.82, 2.24) is 4.98 Å². The number of aromatic nitrogens is 1. The predicted octanol–water partition coefficient (Wildman–Crippen LogP) is 0.410. The van der Waals surface area contributed by atoms with E-state index in [-0.39, 0.29) is 18.0 Å². The third kappa shape index (κ3) is 2.07. The molecule has 74 valence electrons. The normalized spacial score (nSPS) is 9.50. The van der Waals surface area contributed by atoms with Crippen LogP contribution in [0.5, 0.6) is 0 Å². The van der Waals surface area contributed by atoms with Crippen molar-refractivity contribution in [3.05, 3.63) is 23.9 Å². The van der Waals surface area contributed by atoms with Gasteiger partial charge >= 0.3 is 5.97 Å². The number of carbonyl (C=O) groups excluding carboxylic acids is 2. The Kier molecular flexibility index (Phi) is 3.17. The molecule has 0 aliphatic rings. The number of ether oxygens (including phenoxy) is 1. The zero-order valence-electron chi connectivity index (χ0n) is 7.69. The van der Waals surface area contributed by atoms with Crippen LogP contribution in [0.1, 0.15) is 17.3 Å². The number of esters is 1. The highest BCUT2D eigenvalue weighted by Crippen LogP contribution is 2.08. The van der Waals surface area contributed by atoms with Gasteiger partial charge in [-0.3, -0.25) is 4.79 Å². The van der Waals surface area contributed by atoms with Crippen molar-refractivity contribution in [2.45, 2.75) is 6.92 Å². The van der Waals surface area contributed by atoms with Crippen molar-refractivity contribution in [2.75, 3.05) is 12.3 Å². The first kappa shape index (κ1) is 10.2. The molecule has 0 atom stereocenters. The molecule has 0 aromatic carbocycles. The summed E-state index contributed by atoms with van der Waals surface area (Å²) in [4.78, 5) is 26.1. The number of anilines is 1. The predicted molar refractivity (Wildman–Crippen MR) is 49.6 cm³/mol. The lowest BCUT2D eigenvalue weighted by Crippen LogP contribution is -2.19. The van der Waals surface area contributed by atoms with E-state index in [2.05, 4.69) is 9.72 Å². The Morgan fingerprint density at radius 1 is 1.57 bits per heavy atom. The van der Waals surface area contributed by atoms with Gasteiger partial charge in [0.25, 0.3) is 5.78 Å². The molecule has 1 heterocycles. The Balaban J connectivity index is 2.90. The summed E-state index contributed by atoms with van der Waals surface area (Å²) in [7, 11) is 0. The Labute approximate surface area is 80.9 Å². The Bertz CT molecular complexity index is 363. The Hall–Kier alpha value is -1.91. The summed E-state index contributed by atoms with van der Waals surface area (Å²) in [6.07, 6.45) is 1.44. The van der Waals surface area contributed by atoms with E-state index >= 15 is 0 Å². The standard InChI is InChI=1S/C9H10N2O3/c1-2-14-9(13)7(12)6-4-3-5-11-8(6)10/h3-5H,2H2,1H3,(H2,10,11). The fourth-order valence-electron chi connectivity index (χ4n) is 0.916. The van der Waals surface area contributed by atoms with Gasteiger partial charge in [-0.25, -0.2) is 9.78 Å². The van der Waals surface area contributed by atoms with E-state index in [0.29, 0.717) is 0 Å². The van der Waals surface area contributed by atoms with Crippen LogP contribution >= 0.6 is 0 Å². The Morgan fingerprint density at radius 3 is 2.86 bits per heavy atom. The summed E-state index contributed by atoms with van der Waals surface area (Å²) >= 11 is 0. The third-order valence-corrected chi connectivity index (χ3v) is 1.54. The summed E-state index contributed by atoms with van der Waals surface area (Å²) in [6, 6.07) is 2.96. The minimum absolute atomic E-state index is 0.0329. The number of nitrogens with zero attached hydrogens (tertiary/aromatic N) is 1. The van der Waals surface area contributed by atoms with Crippen LogP contribution in [0.2, 0.25) is 0 Å². The van der Waals surface area contributed by atoms with Gasteiger partial charge in [-0.2, -0.15) is 0 Å². The minimum atomic E-state index is -0.910. The van der Waals surface area contributed by atoms with E-state index in [4.69, 9.17) is 5.73 Å². The van der Waals surface area contributed by atoms with Crippen molar-refractivity contribution < 1.29 is 14.3 Å². The van der Waals surface area contributed by atoms with Gasteiger partial charge in [0.15, 0.2) is 0 Å². The molecule has 0 saturated heterocycles. The van der Waals surface area contributed by atoms with E-state index in [1.165, 1.54) is 18.3 Å². The molecule has 2 N–H and O–H groups in total. The van der Waals surface area contributed by atoms with Crippen LogP contribution in [-0.4, -0.2) is 23.3 Å². The molecule has 0 unspecified atom stereocenters. The molecule has 1 aromatic heterocycles. The molecule has 14 heavy (non-hydrogen) atoms. The smallest absolute Gasteiger partial charge is 0.379 e. The van der Waals surface area contributed by atoms with E-state index in [9.17, 15) is 9.59 Å². The molecule has 0 spiro atoms. The van der Waals surface area contributed by atoms with Gasteiger partial charge in [0.1, 0.15) is 5.82 Å². The van der Waals surface area contributed by atoms with Crippen molar-refractivity contribution >= 4 is 17.6 Å². The number of ketones is 1. The molecule has 0 aliphatic heterocycles. The molecule has 0 bridgehead atoms. The Morgan fingerprint density at radius 2 is 2.29 bits per heavy atom. The summed E-state index contributed by atoms with van der Waals surface area (Å²) in [5.41, 5.74) is 5.49. The molecule has 5 heteroatoms. The number of hydrogen-bond acceptors (Lipinski definition) is 5. The number of Topliss-reactive ketones (excluding diaryl/α,β-unsaturated/α-hetero) is 1. The average molecular weight is 194 g/mol. The highest BCUT2D eigenvalue weighted by Gasteiger charge is 2.19. The first-order chi connectivity index (χ1) is 6.66. The second-order valence-corrected chi connectivity index (χ2v) is 2.49. The lowest BCUT2D eigenvalue weighted by atomic mass is 10.2. The van der Waals surface area contributed by atoms with Crippen LogP contribution in [0, 0.1) is 0 Å². The van der Waals surface area contributed by atoms with E-state index < -0.39 is 11.8 Å². The number of carbonyl (C=O) groups is 2. The zero-order valence-corrected chi connectivity index (χ0v) is 7.69. The first-order valence-electron chi connectivity index (χ1n) is 4.08. The lowest BCUT2D eigenvalue weighted by Gasteiger charge is -2.02. The van der Waals surface area contributed by atoms with Crippen LogP contribution in [0.4, 0.5) is 5.82 Å². The fraction of sp³-hybridized carbons (Fsp3) is 0.222. The maximum atomic E-state index is 11.4. The minimum Gasteiger partial charge on any atom is -0.460 e. The number of pyridine rings is 1. The summed E-state index contributed by atoms with van der Waals surface area (Å²) in [6.45, 7) is 1.78. The largest absolute Gasteiger partial charge is 0.460 e. The zero-order chi connectivity index (χ0) is 10.6. The quantitative estimate of drug-likeness (QED) is 0.428. The molecule has 0 radical (unpaired) electrons. The summed E-state index contributed by atoms with van der Waals surface area (Å²) < 4.78 is 4.54. The van der Waals surface area contributed by atoms with Gasteiger partial charge in [-0.05, 0) is 19.1 Å². The van der Waals surface area contributed by atoms with Gasteiger partial charge < -0.3 is 10.5 Å². The van der Waals surface area contributed by atoms with Gasteiger partial charge in [-0.15, -0.1) is 0 Å². The number of nitrogens with two attached hydrogens (primary N) is 1. The maximum Gasteiger partial charge on any atom is 0.379 e. The van der Waals surface area contributed by atoms with E-state index in [0.717, 1.165) is 0 Å². The molecule has 0 fully saturated rings. The molecular weight excluding hydrogens is 184 g/mol. The molecule has 0 aliphatic carbocycles. The third-order valence-electron chi connectivity index (χ3n) is 1.54.